The van der Waals surface area contributed by atoms with Crippen molar-refractivity contribution >= 4 is 11.8 Å². The van der Waals surface area contributed by atoms with E-state index < -0.39 is 5.97 Å². The van der Waals surface area contributed by atoms with Crippen LogP contribution in [-0.4, -0.2) is 18.9 Å². The van der Waals surface area contributed by atoms with Crippen molar-refractivity contribution in [2.24, 2.45) is 0 Å². The first-order valence-electron chi connectivity index (χ1n) is 9.05. The monoisotopic (exact) mass is 374 g/mol. The quantitative estimate of drug-likeness (QED) is 0.335. The van der Waals surface area contributed by atoms with Gasteiger partial charge in [0.2, 0.25) is 0 Å². The van der Waals surface area contributed by atoms with E-state index in [4.69, 9.17) is 9.47 Å². The van der Waals surface area contributed by atoms with Gasteiger partial charge >= 0.3 is 5.97 Å². The van der Waals surface area contributed by atoms with Crippen LogP contribution in [0.25, 0.3) is 0 Å². The van der Waals surface area contributed by atoms with Gasteiger partial charge in [-0.25, -0.2) is 4.79 Å². The van der Waals surface area contributed by atoms with Crippen molar-refractivity contribution in [3.63, 3.8) is 0 Å². The summed E-state index contributed by atoms with van der Waals surface area (Å²) in [5.41, 5.74) is 3.26. The van der Waals surface area contributed by atoms with E-state index in [1.165, 1.54) is 12.5 Å². The van der Waals surface area contributed by atoms with Crippen molar-refractivity contribution in [1.82, 2.24) is 0 Å². The molecule has 3 rings (SSSR count). The van der Waals surface area contributed by atoms with E-state index in [9.17, 15) is 9.59 Å². The van der Waals surface area contributed by atoms with Gasteiger partial charge in [-0.1, -0.05) is 43.3 Å². The number of hydrogen-bond acceptors (Lipinski definition) is 4. The third kappa shape index (κ3) is 4.46. The number of carbonyl (C=O) groups is 2. The van der Waals surface area contributed by atoms with Crippen LogP contribution in [0.3, 0.4) is 0 Å². The van der Waals surface area contributed by atoms with Crippen LogP contribution in [0.15, 0.2) is 72.8 Å². The molecule has 0 radical (unpaired) electrons. The Labute approximate surface area is 164 Å². The molecule has 0 aliphatic carbocycles. The molecule has 0 saturated heterocycles. The minimum absolute atomic E-state index is 0.0403. The maximum atomic E-state index is 12.3. The van der Waals surface area contributed by atoms with Crippen LogP contribution in [0.2, 0.25) is 0 Å². The Morgan fingerprint density at radius 3 is 1.64 bits per heavy atom. The lowest BCUT2D eigenvalue weighted by molar-refractivity contribution is 0.0734. The zero-order valence-corrected chi connectivity index (χ0v) is 16.1. The Kier molecular flexibility index (Phi) is 5.90. The summed E-state index contributed by atoms with van der Waals surface area (Å²) >= 11 is 0. The molecule has 0 aromatic heterocycles. The molecule has 0 amide bonds. The standard InChI is InChI=1S/C24H22O4/c1-16(18-8-12-22(27-3)13-9-18)19-10-14-23(15-11-19)28-24(26)21-6-4-20(5-7-21)17(2)25/h4-16H,1-3H3. The SMILES string of the molecule is COc1ccc(C(C)c2ccc(OC(=O)c3ccc(C(C)=O)cc3)cc2)cc1. The second kappa shape index (κ2) is 8.53. The third-order valence-electron chi connectivity index (χ3n) is 4.73. The second-order valence-electron chi connectivity index (χ2n) is 6.59. The predicted molar refractivity (Wildman–Crippen MR) is 108 cm³/mol. The van der Waals surface area contributed by atoms with Gasteiger partial charge in [0.1, 0.15) is 11.5 Å². The first-order valence-corrected chi connectivity index (χ1v) is 9.05. The van der Waals surface area contributed by atoms with E-state index in [-0.39, 0.29) is 11.7 Å². The summed E-state index contributed by atoms with van der Waals surface area (Å²) in [5.74, 6) is 1.02. The van der Waals surface area contributed by atoms with Crippen molar-refractivity contribution in [2.75, 3.05) is 7.11 Å². The number of carbonyl (C=O) groups excluding carboxylic acids is 2. The summed E-state index contributed by atoms with van der Waals surface area (Å²) in [6.45, 7) is 3.61. The van der Waals surface area contributed by atoms with Crippen LogP contribution < -0.4 is 9.47 Å². The maximum absolute atomic E-state index is 12.3. The number of ketones is 1. The van der Waals surface area contributed by atoms with Gasteiger partial charge in [0.05, 0.1) is 12.7 Å². The Hall–Kier alpha value is -3.40. The van der Waals surface area contributed by atoms with Crippen LogP contribution in [0.1, 0.15) is 51.6 Å². The van der Waals surface area contributed by atoms with Crippen molar-refractivity contribution in [2.45, 2.75) is 19.8 Å². The number of methoxy groups -OCH3 is 1. The van der Waals surface area contributed by atoms with Crippen LogP contribution in [0.5, 0.6) is 11.5 Å². The summed E-state index contributed by atoms with van der Waals surface area (Å²) in [4.78, 5) is 23.6. The Morgan fingerprint density at radius 2 is 1.18 bits per heavy atom. The van der Waals surface area contributed by atoms with Gasteiger partial charge in [0.15, 0.2) is 5.78 Å². The van der Waals surface area contributed by atoms with Gasteiger partial charge in [0, 0.05) is 11.5 Å². The number of rotatable bonds is 6. The fraction of sp³-hybridized carbons (Fsp3) is 0.167. The van der Waals surface area contributed by atoms with Crippen molar-refractivity contribution in [3.05, 3.63) is 95.1 Å². The molecule has 28 heavy (non-hydrogen) atoms. The molecule has 4 heteroatoms. The van der Waals surface area contributed by atoms with Crippen molar-refractivity contribution < 1.29 is 19.1 Å². The topological polar surface area (TPSA) is 52.6 Å². The van der Waals surface area contributed by atoms with Gasteiger partial charge in [-0.3, -0.25) is 4.79 Å². The molecule has 1 atom stereocenters. The average Bonchev–Trinajstić information content (AvgIpc) is 2.74. The lowest BCUT2D eigenvalue weighted by Crippen LogP contribution is -2.09. The fourth-order valence-corrected chi connectivity index (χ4v) is 2.92. The molecule has 0 bridgehead atoms. The Bertz CT molecular complexity index is 955. The van der Waals surface area contributed by atoms with Crippen LogP contribution in [-0.2, 0) is 0 Å². The zero-order chi connectivity index (χ0) is 20.1. The van der Waals surface area contributed by atoms with E-state index in [0.717, 1.165) is 11.3 Å². The number of esters is 1. The molecule has 0 N–H and O–H groups in total. The lowest BCUT2D eigenvalue weighted by Gasteiger charge is -2.14. The minimum Gasteiger partial charge on any atom is -0.497 e. The third-order valence-corrected chi connectivity index (χ3v) is 4.73. The largest absolute Gasteiger partial charge is 0.497 e. The van der Waals surface area contributed by atoms with E-state index in [2.05, 4.69) is 6.92 Å². The molecule has 0 fully saturated rings. The van der Waals surface area contributed by atoms with Gasteiger partial charge in [-0.05, 0) is 54.4 Å². The van der Waals surface area contributed by atoms with Crippen LogP contribution in [0, 0.1) is 0 Å². The summed E-state index contributed by atoms with van der Waals surface area (Å²) in [7, 11) is 1.65. The first-order chi connectivity index (χ1) is 13.5. The molecule has 3 aromatic carbocycles. The minimum atomic E-state index is -0.453. The molecular formula is C24H22O4. The maximum Gasteiger partial charge on any atom is 0.343 e. The van der Waals surface area contributed by atoms with Gasteiger partial charge in [0.25, 0.3) is 0 Å². The zero-order valence-electron chi connectivity index (χ0n) is 16.1. The van der Waals surface area contributed by atoms with E-state index in [1.54, 1.807) is 43.5 Å². The molecule has 3 aromatic rings. The molecule has 0 saturated carbocycles. The first kappa shape index (κ1) is 19.4. The highest BCUT2D eigenvalue weighted by Gasteiger charge is 2.12. The van der Waals surface area contributed by atoms with E-state index in [1.807, 2.05) is 36.4 Å². The Morgan fingerprint density at radius 1 is 0.714 bits per heavy atom. The molecule has 142 valence electrons. The van der Waals surface area contributed by atoms with Crippen molar-refractivity contribution in [3.8, 4) is 11.5 Å². The van der Waals surface area contributed by atoms with Gasteiger partial charge in [-0.15, -0.1) is 0 Å². The molecule has 1 unspecified atom stereocenters. The number of Topliss-reactive ketones (excluding diaryl/α,β-unsaturated/α-hetero) is 1. The van der Waals surface area contributed by atoms with Crippen LogP contribution >= 0.6 is 0 Å². The summed E-state index contributed by atoms with van der Waals surface area (Å²) in [6, 6.07) is 21.9. The van der Waals surface area contributed by atoms with Crippen molar-refractivity contribution in [1.29, 1.82) is 0 Å². The normalized spacial score (nSPS) is 11.5. The molecule has 0 spiro atoms. The summed E-state index contributed by atoms with van der Waals surface area (Å²) < 4.78 is 10.6. The van der Waals surface area contributed by atoms with Crippen LogP contribution in [0.4, 0.5) is 0 Å². The van der Waals surface area contributed by atoms with E-state index in [0.29, 0.717) is 16.9 Å². The molecule has 0 aliphatic heterocycles. The summed E-state index contributed by atoms with van der Waals surface area (Å²) in [5, 5.41) is 0. The second-order valence-corrected chi connectivity index (χ2v) is 6.59. The fourth-order valence-electron chi connectivity index (χ4n) is 2.92. The highest BCUT2D eigenvalue weighted by Crippen LogP contribution is 2.27. The van der Waals surface area contributed by atoms with Gasteiger partial charge in [-0.2, -0.15) is 0 Å². The number of hydrogen-bond donors (Lipinski definition) is 0. The molecular weight excluding hydrogens is 352 g/mol. The molecule has 0 aliphatic rings. The highest BCUT2D eigenvalue weighted by molar-refractivity contribution is 5.96. The predicted octanol–water partition coefficient (Wildman–Crippen LogP) is 5.27. The number of ether oxygens (including phenoxy) is 2. The number of benzene rings is 3. The Balaban J connectivity index is 1.67. The molecule has 0 heterocycles. The molecule has 4 nitrogen and oxygen atoms in total. The highest BCUT2D eigenvalue weighted by atomic mass is 16.5. The summed E-state index contributed by atoms with van der Waals surface area (Å²) in [6.07, 6.45) is 0. The smallest absolute Gasteiger partial charge is 0.343 e. The average molecular weight is 374 g/mol. The van der Waals surface area contributed by atoms with Gasteiger partial charge < -0.3 is 9.47 Å². The van der Waals surface area contributed by atoms with E-state index >= 15 is 0 Å². The lowest BCUT2D eigenvalue weighted by atomic mass is 9.93.